The summed E-state index contributed by atoms with van der Waals surface area (Å²) >= 11 is 0. The van der Waals surface area contributed by atoms with E-state index in [1.165, 1.54) is 0 Å². The van der Waals surface area contributed by atoms with E-state index in [-0.39, 0.29) is 0 Å². The lowest BCUT2D eigenvalue weighted by Crippen LogP contribution is -2.63. The molecule has 1 fully saturated rings. The van der Waals surface area contributed by atoms with Crippen molar-refractivity contribution >= 4 is 0 Å². The topological polar surface area (TPSA) is 212 Å². The molecular weight excluding hydrogens is 316 g/mol. The van der Waals surface area contributed by atoms with Gasteiger partial charge in [0.1, 0.15) is 30.5 Å². The molecule has 1 heterocycles. The van der Waals surface area contributed by atoms with Crippen LogP contribution < -0.4 is 11.5 Å². The van der Waals surface area contributed by atoms with Crippen LogP contribution in [0, 0.1) is 0 Å². The zero-order valence-corrected chi connectivity index (χ0v) is 12.4. The first-order chi connectivity index (χ1) is 10.7. The van der Waals surface area contributed by atoms with Crippen LogP contribution in [-0.2, 0) is 9.47 Å². The summed E-state index contributed by atoms with van der Waals surface area (Å²) in [6.45, 7) is -1.71. The van der Waals surface area contributed by atoms with Crippen LogP contribution in [0.3, 0.4) is 0 Å². The Morgan fingerprint density at radius 3 is 2.17 bits per heavy atom. The molecule has 2 unspecified atom stereocenters. The highest BCUT2D eigenvalue weighted by Gasteiger charge is 2.43. The second-order valence-electron chi connectivity index (χ2n) is 5.51. The third-order valence-corrected chi connectivity index (χ3v) is 3.76. The minimum atomic E-state index is -1.70. The van der Waals surface area contributed by atoms with Crippen molar-refractivity contribution in [2.24, 2.45) is 11.5 Å². The van der Waals surface area contributed by atoms with Crippen LogP contribution in [0.2, 0.25) is 0 Å². The molecule has 0 bridgehead atoms. The van der Waals surface area contributed by atoms with E-state index in [1.807, 2.05) is 0 Å². The molecule has 0 spiro atoms. The lowest BCUT2D eigenvalue weighted by molar-refractivity contribution is -0.283. The Hall–Kier alpha value is -0.440. The Morgan fingerprint density at radius 1 is 1.04 bits per heavy atom. The Morgan fingerprint density at radius 2 is 1.65 bits per heavy atom. The van der Waals surface area contributed by atoms with Crippen LogP contribution in [-0.4, -0.2) is 111 Å². The number of aliphatic hydroxyl groups excluding tert-OH is 7. The molecule has 23 heavy (non-hydrogen) atoms. The van der Waals surface area contributed by atoms with Gasteiger partial charge in [-0.15, -0.1) is 0 Å². The number of aliphatic hydroxyl groups is 7. The molecule has 138 valence electrons. The number of hydrogen-bond donors (Lipinski definition) is 9. The molecule has 0 aliphatic carbocycles. The van der Waals surface area contributed by atoms with Gasteiger partial charge >= 0.3 is 0 Å². The molecule has 1 rings (SSSR count). The highest BCUT2D eigenvalue weighted by Crippen LogP contribution is 2.21. The summed E-state index contributed by atoms with van der Waals surface area (Å²) < 4.78 is 10.2. The van der Waals surface area contributed by atoms with Crippen molar-refractivity contribution in [3.8, 4) is 0 Å². The van der Waals surface area contributed by atoms with Crippen molar-refractivity contribution in [3.05, 3.63) is 0 Å². The molecule has 11 nitrogen and oxygen atoms in total. The zero-order chi connectivity index (χ0) is 17.7. The van der Waals surface area contributed by atoms with Crippen molar-refractivity contribution in [3.63, 3.8) is 0 Å². The third kappa shape index (κ3) is 5.01. The van der Waals surface area contributed by atoms with Gasteiger partial charge in [-0.1, -0.05) is 0 Å². The Kier molecular flexibility index (Phi) is 8.20. The molecule has 1 aliphatic heterocycles. The van der Waals surface area contributed by atoms with E-state index in [0.29, 0.717) is 0 Å². The van der Waals surface area contributed by atoms with Crippen LogP contribution in [0.25, 0.3) is 0 Å². The Balaban J connectivity index is 2.55. The molecule has 0 aromatic rings. The molecule has 9 atom stereocenters. The summed E-state index contributed by atoms with van der Waals surface area (Å²) in [7, 11) is 0. The van der Waals surface area contributed by atoms with Gasteiger partial charge in [-0.05, 0) is 0 Å². The van der Waals surface area contributed by atoms with Crippen LogP contribution in [0.4, 0.5) is 0 Å². The van der Waals surface area contributed by atoms with Gasteiger partial charge < -0.3 is 56.7 Å². The fraction of sp³-hybridized carbons (Fsp3) is 1.00. The summed E-state index contributed by atoms with van der Waals surface area (Å²) in [4.78, 5) is 0. The predicted octanol–water partition coefficient (Wildman–Crippen LogP) is -5.83. The second kappa shape index (κ2) is 9.15. The fourth-order valence-electron chi connectivity index (χ4n) is 2.13. The lowest BCUT2D eigenvalue weighted by Gasteiger charge is -2.40. The minimum Gasteiger partial charge on any atom is -0.395 e. The Labute approximate surface area is 132 Å². The largest absolute Gasteiger partial charge is 0.395 e. The lowest BCUT2D eigenvalue weighted by atomic mass is 9.97. The molecule has 0 radical (unpaired) electrons. The van der Waals surface area contributed by atoms with E-state index in [9.17, 15) is 25.5 Å². The van der Waals surface area contributed by atoms with Gasteiger partial charge in [0.25, 0.3) is 0 Å². The summed E-state index contributed by atoms with van der Waals surface area (Å²) in [6, 6.07) is -2.29. The zero-order valence-electron chi connectivity index (χ0n) is 12.4. The van der Waals surface area contributed by atoms with E-state index >= 15 is 0 Å². The smallest absolute Gasteiger partial charge is 0.185 e. The van der Waals surface area contributed by atoms with Crippen LogP contribution >= 0.6 is 0 Å². The highest BCUT2D eigenvalue weighted by atomic mass is 16.7. The SMILES string of the molecule is NC(CO)[C@@H](O)[C@H](O)[C@H](O)CO[C@H]1O[C@H](CO)[C@@H](O)C(N)[C@H]1O. The maximum atomic E-state index is 9.84. The van der Waals surface area contributed by atoms with Gasteiger partial charge in [0.2, 0.25) is 0 Å². The van der Waals surface area contributed by atoms with Gasteiger partial charge in [-0.2, -0.15) is 0 Å². The van der Waals surface area contributed by atoms with E-state index in [2.05, 4.69) is 0 Å². The summed E-state index contributed by atoms with van der Waals surface area (Å²) in [6.07, 6.45) is -10.0. The molecule has 1 saturated heterocycles. The molecule has 1 aliphatic rings. The summed E-state index contributed by atoms with van der Waals surface area (Å²) in [5, 5.41) is 66.4. The Bertz CT molecular complexity index is 348. The van der Waals surface area contributed by atoms with Gasteiger partial charge in [-0.3, -0.25) is 0 Å². The normalized spacial score (nSPS) is 37.2. The van der Waals surface area contributed by atoms with Crippen molar-refractivity contribution in [1.29, 1.82) is 0 Å². The predicted molar refractivity (Wildman–Crippen MR) is 74.8 cm³/mol. The third-order valence-electron chi connectivity index (χ3n) is 3.76. The summed E-state index contributed by atoms with van der Waals surface area (Å²) in [5.41, 5.74) is 10.9. The van der Waals surface area contributed by atoms with E-state index in [4.69, 9.17) is 31.2 Å². The van der Waals surface area contributed by atoms with Crippen molar-refractivity contribution in [2.45, 2.75) is 55.0 Å². The van der Waals surface area contributed by atoms with E-state index < -0.39 is 74.8 Å². The van der Waals surface area contributed by atoms with Gasteiger partial charge in [0, 0.05) is 0 Å². The molecule has 0 aromatic carbocycles. The first kappa shape index (κ1) is 20.6. The standard InChI is InChI=1S/C12H26N2O9/c13-4(1-15)8(18)9(19)5(17)3-22-12-11(21)7(14)10(20)6(2-16)23-12/h4-12,15-21H,1-3,13-14H2/t4?,5-,6-,7?,8-,9-,10-,11-,12+/m1/s1. The number of rotatable bonds is 8. The van der Waals surface area contributed by atoms with E-state index in [0.717, 1.165) is 0 Å². The molecule has 0 amide bonds. The first-order valence-electron chi connectivity index (χ1n) is 7.14. The van der Waals surface area contributed by atoms with Crippen LogP contribution in [0.15, 0.2) is 0 Å². The highest BCUT2D eigenvalue weighted by molar-refractivity contribution is 4.92. The number of nitrogens with two attached hydrogens (primary N) is 2. The molecule has 0 aromatic heterocycles. The van der Waals surface area contributed by atoms with Crippen LogP contribution in [0.5, 0.6) is 0 Å². The van der Waals surface area contributed by atoms with Crippen molar-refractivity contribution < 1.29 is 45.2 Å². The van der Waals surface area contributed by atoms with Gasteiger partial charge in [0.05, 0.1) is 38.0 Å². The molecule has 11 N–H and O–H groups in total. The monoisotopic (exact) mass is 342 g/mol. The molecule has 11 heteroatoms. The second-order valence-corrected chi connectivity index (χ2v) is 5.51. The van der Waals surface area contributed by atoms with Crippen molar-refractivity contribution in [1.82, 2.24) is 0 Å². The number of hydrogen-bond acceptors (Lipinski definition) is 11. The van der Waals surface area contributed by atoms with Gasteiger partial charge in [-0.25, -0.2) is 0 Å². The minimum absolute atomic E-state index is 0.556. The maximum absolute atomic E-state index is 9.84. The average molecular weight is 342 g/mol. The van der Waals surface area contributed by atoms with Gasteiger partial charge in [0.15, 0.2) is 6.29 Å². The number of ether oxygens (including phenoxy) is 2. The molecule has 0 saturated carbocycles. The van der Waals surface area contributed by atoms with Crippen molar-refractivity contribution in [2.75, 3.05) is 19.8 Å². The fourth-order valence-corrected chi connectivity index (χ4v) is 2.13. The quantitative estimate of drug-likeness (QED) is 0.202. The maximum Gasteiger partial charge on any atom is 0.185 e. The average Bonchev–Trinajstić information content (AvgIpc) is 2.56. The summed E-state index contributed by atoms with van der Waals surface area (Å²) in [5.74, 6) is 0. The first-order valence-corrected chi connectivity index (χ1v) is 7.14. The van der Waals surface area contributed by atoms with Crippen LogP contribution in [0.1, 0.15) is 0 Å². The van der Waals surface area contributed by atoms with E-state index in [1.54, 1.807) is 0 Å². The molecular formula is C12H26N2O9.